The van der Waals surface area contributed by atoms with Crippen LogP contribution >= 0.6 is 11.3 Å². The van der Waals surface area contributed by atoms with Crippen molar-refractivity contribution < 1.29 is 14.6 Å². The molecule has 1 aliphatic heterocycles. The van der Waals surface area contributed by atoms with Crippen molar-refractivity contribution in [1.82, 2.24) is 14.8 Å². The fraction of sp³-hybridized carbons (Fsp3) is 0.708. The molecule has 1 aromatic carbocycles. The number of hydrogen-bond donors (Lipinski definition) is 1. The third-order valence-electron chi connectivity index (χ3n) is 6.37. The first-order valence-corrected chi connectivity index (χ1v) is 12.7. The van der Waals surface area contributed by atoms with Crippen LogP contribution in [0.5, 0.6) is 5.75 Å². The molecule has 0 bridgehead atoms. The molecule has 0 spiro atoms. The van der Waals surface area contributed by atoms with Crippen LogP contribution in [0, 0.1) is 6.92 Å². The first-order chi connectivity index (χ1) is 15.2. The fourth-order valence-corrected chi connectivity index (χ4v) is 5.40. The van der Waals surface area contributed by atoms with E-state index in [-0.39, 0.29) is 0 Å². The van der Waals surface area contributed by atoms with Crippen LogP contribution in [0.15, 0.2) is 18.2 Å². The molecule has 4 rings (SSSR count). The molecule has 1 unspecified atom stereocenters. The van der Waals surface area contributed by atoms with E-state index in [1.807, 2.05) is 25.1 Å². The third kappa shape index (κ3) is 7.12. The molecule has 2 aromatic rings. The number of aromatic nitrogens is 1. The van der Waals surface area contributed by atoms with Crippen molar-refractivity contribution in [3.63, 3.8) is 0 Å². The van der Waals surface area contributed by atoms with Crippen molar-refractivity contribution in [2.24, 2.45) is 0 Å². The lowest BCUT2D eigenvalue weighted by Crippen LogP contribution is -2.49. The van der Waals surface area contributed by atoms with Crippen LogP contribution in [0.4, 0.5) is 0 Å². The maximum Gasteiger partial charge on any atom is 0.121 e. The number of piperazine rings is 1. The van der Waals surface area contributed by atoms with Crippen molar-refractivity contribution >= 4 is 21.6 Å². The molecule has 2 aliphatic rings. The van der Waals surface area contributed by atoms with Crippen molar-refractivity contribution in [2.45, 2.75) is 57.7 Å². The number of unbranched alkanes of at least 4 members (excludes halogenated alkanes) is 1. The van der Waals surface area contributed by atoms with Crippen LogP contribution in [0.1, 0.15) is 43.5 Å². The van der Waals surface area contributed by atoms with Gasteiger partial charge in [0.1, 0.15) is 18.5 Å². The van der Waals surface area contributed by atoms with Crippen molar-refractivity contribution in [1.29, 1.82) is 0 Å². The molecule has 31 heavy (non-hydrogen) atoms. The second kappa shape index (κ2) is 11.6. The molecule has 1 N–H and O–H groups in total. The number of hydrogen-bond acceptors (Lipinski definition) is 7. The second-order valence-corrected chi connectivity index (χ2v) is 10.2. The van der Waals surface area contributed by atoms with Gasteiger partial charge in [-0.05, 0) is 51.3 Å². The molecule has 1 aromatic heterocycles. The van der Waals surface area contributed by atoms with Gasteiger partial charge in [-0.25, -0.2) is 4.98 Å². The number of aryl methyl sites for hydroxylation is 1. The Hall–Kier alpha value is -1.25. The quantitative estimate of drug-likeness (QED) is 0.530. The van der Waals surface area contributed by atoms with Gasteiger partial charge in [-0.15, -0.1) is 11.3 Å². The first-order valence-electron chi connectivity index (χ1n) is 11.9. The van der Waals surface area contributed by atoms with Crippen LogP contribution in [0.25, 0.3) is 10.2 Å². The summed E-state index contributed by atoms with van der Waals surface area (Å²) in [6, 6.07) is 5.97. The maximum atomic E-state index is 10.4. The van der Waals surface area contributed by atoms with Crippen LogP contribution in [0.2, 0.25) is 0 Å². The van der Waals surface area contributed by atoms with E-state index < -0.39 is 6.10 Å². The topological polar surface area (TPSA) is 58.1 Å². The molecule has 2 fully saturated rings. The molecule has 2 heterocycles. The maximum absolute atomic E-state index is 10.4. The molecule has 172 valence electrons. The van der Waals surface area contributed by atoms with Crippen molar-refractivity contribution in [3.05, 3.63) is 23.2 Å². The molecule has 0 amide bonds. The number of benzene rings is 1. The van der Waals surface area contributed by atoms with E-state index in [4.69, 9.17) is 9.47 Å². The summed E-state index contributed by atoms with van der Waals surface area (Å²) in [4.78, 5) is 9.40. The number of thiazole rings is 1. The highest BCUT2D eigenvalue weighted by Crippen LogP contribution is 2.25. The number of nitrogens with zero attached hydrogens (tertiary/aromatic N) is 3. The van der Waals surface area contributed by atoms with E-state index in [0.717, 1.165) is 55.6 Å². The van der Waals surface area contributed by atoms with Crippen LogP contribution < -0.4 is 4.74 Å². The summed E-state index contributed by atoms with van der Waals surface area (Å²) in [6.07, 6.45) is 7.66. The zero-order chi connectivity index (χ0) is 21.5. The Balaban J connectivity index is 1.07. The predicted molar refractivity (Wildman–Crippen MR) is 126 cm³/mol. The lowest BCUT2D eigenvalue weighted by molar-refractivity contribution is 0.0415. The highest BCUT2D eigenvalue weighted by Gasteiger charge is 2.20. The Morgan fingerprint density at radius 2 is 1.90 bits per heavy atom. The number of β-amino-alcohol motifs (C(OH)–C–C–N with tert-alkyl or cyclic N) is 1. The van der Waals surface area contributed by atoms with Crippen LogP contribution in [-0.4, -0.2) is 84.6 Å². The van der Waals surface area contributed by atoms with E-state index in [2.05, 4.69) is 14.8 Å². The molecular weight excluding hydrogens is 410 g/mol. The Morgan fingerprint density at radius 3 is 2.71 bits per heavy atom. The summed E-state index contributed by atoms with van der Waals surface area (Å²) in [6.45, 7) is 9.27. The van der Waals surface area contributed by atoms with Gasteiger partial charge in [-0.1, -0.05) is 12.8 Å². The lowest BCUT2D eigenvalue weighted by Gasteiger charge is -2.35. The van der Waals surface area contributed by atoms with Gasteiger partial charge in [0, 0.05) is 45.4 Å². The molecule has 1 atom stereocenters. The SMILES string of the molecule is Cc1nc2cc(OCC(O)CN3CCN(CCCCOC4CCCC4)CC3)ccc2s1. The summed E-state index contributed by atoms with van der Waals surface area (Å²) in [5.74, 6) is 0.776. The average molecular weight is 448 g/mol. The van der Waals surface area contributed by atoms with Gasteiger partial charge in [-0.2, -0.15) is 0 Å². The molecule has 0 radical (unpaired) electrons. The molecule has 7 heteroatoms. The number of aliphatic hydroxyl groups is 1. The van der Waals surface area contributed by atoms with Crippen molar-refractivity contribution in [3.8, 4) is 5.75 Å². The van der Waals surface area contributed by atoms with Gasteiger partial charge in [0.05, 0.1) is 21.3 Å². The average Bonchev–Trinajstić information content (AvgIpc) is 3.41. The molecule has 1 aliphatic carbocycles. The largest absolute Gasteiger partial charge is 0.491 e. The summed E-state index contributed by atoms with van der Waals surface area (Å²) >= 11 is 1.69. The van der Waals surface area contributed by atoms with Crippen LogP contribution in [-0.2, 0) is 4.74 Å². The van der Waals surface area contributed by atoms with E-state index in [9.17, 15) is 5.11 Å². The zero-order valence-corrected chi connectivity index (χ0v) is 19.6. The lowest BCUT2D eigenvalue weighted by atomic mass is 10.2. The van der Waals surface area contributed by atoms with Crippen LogP contribution in [0.3, 0.4) is 0 Å². The van der Waals surface area contributed by atoms with Gasteiger partial charge in [0.2, 0.25) is 0 Å². The van der Waals surface area contributed by atoms with E-state index in [1.165, 1.54) is 43.2 Å². The molecule has 1 saturated carbocycles. The van der Waals surface area contributed by atoms with E-state index in [1.54, 1.807) is 11.3 Å². The van der Waals surface area contributed by atoms with E-state index >= 15 is 0 Å². The number of fused-ring (bicyclic) bond motifs is 1. The number of rotatable bonds is 11. The standard InChI is InChI=1S/C24H37N3O3S/c1-19-25-23-16-22(8-9-24(23)31-19)30-18-20(28)17-27-13-11-26(12-14-27)10-4-5-15-29-21-6-2-3-7-21/h8-9,16,20-21,28H,2-7,10-15,17-18H2,1H3. The van der Waals surface area contributed by atoms with Gasteiger partial charge >= 0.3 is 0 Å². The molecular formula is C24H37N3O3S. The Labute approximate surface area is 190 Å². The van der Waals surface area contributed by atoms with Gasteiger partial charge in [-0.3, -0.25) is 4.90 Å². The highest BCUT2D eigenvalue weighted by molar-refractivity contribution is 7.18. The van der Waals surface area contributed by atoms with Gasteiger partial charge < -0.3 is 19.5 Å². The number of ether oxygens (including phenoxy) is 2. The fourth-order valence-electron chi connectivity index (χ4n) is 4.59. The minimum absolute atomic E-state index is 0.315. The Morgan fingerprint density at radius 1 is 1.13 bits per heavy atom. The minimum atomic E-state index is -0.479. The summed E-state index contributed by atoms with van der Waals surface area (Å²) < 4.78 is 13.0. The zero-order valence-electron chi connectivity index (χ0n) is 18.8. The smallest absolute Gasteiger partial charge is 0.121 e. The van der Waals surface area contributed by atoms with Gasteiger partial charge in [0.25, 0.3) is 0 Å². The Bertz CT molecular complexity index is 800. The number of aliphatic hydroxyl groups excluding tert-OH is 1. The second-order valence-electron chi connectivity index (χ2n) is 8.95. The van der Waals surface area contributed by atoms with Crippen molar-refractivity contribution in [2.75, 3.05) is 52.5 Å². The summed E-state index contributed by atoms with van der Waals surface area (Å²) in [5.41, 5.74) is 0.968. The predicted octanol–water partition coefficient (Wildman–Crippen LogP) is 3.70. The highest BCUT2D eigenvalue weighted by atomic mass is 32.1. The summed E-state index contributed by atoms with van der Waals surface area (Å²) in [7, 11) is 0. The monoisotopic (exact) mass is 447 g/mol. The molecule has 1 saturated heterocycles. The first kappa shape index (κ1) is 22.9. The Kier molecular flexibility index (Phi) is 8.55. The van der Waals surface area contributed by atoms with Gasteiger partial charge in [0.15, 0.2) is 0 Å². The third-order valence-corrected chi connectivity index (χ3v) is 7.32. The van der Waals surface area contributed by atoms with E-state index in [0.29, 0.717) is 19.3 Å². The molecule has 6 nitrogen and oxygen atoms in total. The summed E-state index contributed by atoms with van der Waals surface area (Å²) in [5, 5.41) is 11.5. The normalized spacial score (nSPS) is 19.9. The minimum Gasteiger partial charge on any atom is -0.491 e.